The molecule has 7 nitrogen and oxygen atoms in total. The van der Waals surface area contributed by atoms with Gasteiger partial charge in [-0.1, -0.05) is 12.8 Å². The molecule has 0 atom stereocenters. The van der Waals surface area contributed by atoms with E-state index >= 15 is 0 Å². The van der Waals surface area contributed by atoms with Crippen molar-refractivity contribution in [2.75, 3.05) is 12.3 Å². The molecule has 0 aromatic carbocycles. The van der Waals surface area contributed by atoms with Crippen LogP contribution in [0.1, 0.15) is 25.7 Å². The number of carbonyl (C=O) groups excluding carboxylic acids is 1. The fourth-order valence-electron chi connectivity index (χ4n) is 2.44. The lowest BCUT2D eigenvalue weighted by molar-refractivity contribution is -0.118. The number of hydrogen-bond donors (Lipinski definition) is 2. The van der Waals surface area contributed by atoms with Crippen LogP contribution in [0.4, 0.5) is 5.82 Å². The van der Waals surface area contributed by atoms with E-state index in [1.165, 1.54) is 22.6 Å². The lowest BCUT2D eigenvalue weighted by Crippen LogP contribution is -2.44. The van der Waals surface area contributed by atoms with Gasteiger partial charge in [0.15, 0.2) is 0 Å². The number of amides is 1. The van der Waals surface area contributed by atoms with Crippen LogP contribution in [-0.2, 0) is 14.8 Å². The molecule has 2 rings (SSSR count). The van der Waals surface area contributed by atoms with E-state index in [0.717, 1.165) is 25.7 Å². The van der Waals surface area contributed by atoms with Crippen molar-refractivity contribution in [3.05, 3.63) is 18.3 Å². The van der Waals surface area contributed by atoms with Gasteiger partial charge in [0.1, 0.15) is 10.7 Å². The molecule has 1 saturated carbocycles. The van der Waals surface area contributed by atoms with Gasteiger partial charge in [0.25, 0.3) is 0 Å². The third-order valence-electron chi connectivity index (χ3n) is 3.41. The highest BCUT2D eigenvalue weighted by Gasteiger charge is 2.34. The van der Waals surface area contributed by atoms with Gasteiger partial charge in [-0.25, -0.2) is 13.4 Å². The van der Waals surface area contributed by atoms with E-state index in [4.69, 9.17) is 11.5 Å². The van der Waals surface area contributed by atoms with E-state index in [9.17, 15) is 13.2 Å². The van der Waals surface area contributed by atoms with E-state index in [2.05, 4.69) is 4.98 Å². The molecule has 1 fully saturated rings. The Labute approximate surface area is 118 Å². The van der Waals surface area contributed by atoms with Crippen LogP contribution < -0.4 is 11.5 Å². The zero-order valence-electron chi connectivity index (χ0n) is 11.0. The third kappa shape index (κ3) is 3.07. The second-order valence-corrected chi connectivity index (χ2v) is 6.76. The molecule has 20 heavy (non-hydrogen) atoms. The van der Waals surface area contributed by atoms with Crippen LogP contribution in [0.3, 0.4) is 0 Å². The number of primary amides is 1. The Morgan fingerprint density at radius 1 is 1.35 bits per heavy atom. The van der Waals surface area contributed by atoms with Gasteiger partial charge in [-0.2, -0.15) is 4.31 Å². The highest BCUT2D eigenvalue weighted by Crippen LogP contribution is 2.28. The first-order valence-corrected chi connectivity index (χ1v) is 7.87. The molecule has 0 bridgehead atoms. The zero-order chi connectivity index (χ0) is 14.8. The molecular weight excluding hydrogens is 280 g/mol. The van der Waals surface area contributed by atoms with Crippen molar-refractivity contribution >= 4 is 21.7 Å². The first-order chi connectivity index (χ1) is 9.41. The van der Waals surface area contributed by atoms with E-state index in [1.54, 1.807) is 0 Å². The minimum absolute atomic E-state index is 0.0276. The Kier molecular flexibility index (Phi) is 4.24. The lowest BCUT2D eigenvalue weighted by Gasteiger charge is -2.26. The van der Waals surface area contributed by atoms with E-state index in [1.807, 2.05) is 0 Å². The summed E-state index contributed by atoms with van der Waals surface area (Å²) in [6.45, 7) is -0.308. The highest BCUT2D eigenvalue weighted by molar-refractivity contribution is 7.89. The second-order valence-electron chi connectivity index (χ2n) is 4.87. The summed E-state index contributed by atoms with van der Waals surface area (Å²) in [6.07, 6.45) is 4.60. The van der Waals surface area contributed by atoms with Crippen molar-refractivity contribution in [3.8, 4) is 0 Å². The second kappa shape index (κ2) is 5.76. The van der Waals surface area contributed by atoms with Crippen LogP contribution in [0, 0.1) is 0 Å². The molecule has 4 N–H and O–H groups in total. The molecule has 0 radical (unpaired) electrons. The molecule has 1 heterocycles. The summed E-state index contributed by atoms with van der Waals surface area (Å²) >= 11 is 0. The van der Waals surface area contributed by atoms with E-state index < -0.39 is 15.9 Å². The number of nitrogens with zero attached hydrogens (tertiary/aromatic N) is 2. The molecule has 110 valence electrons. The fourth-order valence-corrected chi connectivity index (χ4v) is 4.03. The minimum Gasteiger partial charge on any atom is -0.384 e. The van der Waals surface area contributed by atoms with Crippen molar-refractivity contribution in [1.29, 1.82) is 0 Å². The topological polar surface area (TPSA) is 119 Å². The zero-order valence-corrected chi connectivity index (χ0v) is 11.8. The maximum absolute atomic E-state index is 12.6. The Morgan fingerprint density at radius 2 is 2.00 bits per heavy atom. The largest absolute Gasteiger partial charge is 0.384 e. The summed E-state index contributed by atoms with van der Waals surface area (Å²) in [5, 5.41) is 0. The van der Waals surface area contributed by atoms with Gasteiger partial charge in [-0.05, 0) is 25.0 Å². The van der Waals surface area contributed by atoms with Crippen LogP contribution in [0.2, 0.25) is 0 Å². The minimum atomic E-state index is -3.78. The van der Waals surface area contributed by atoms with Crippen molar-refractivity contribution in [2.24, 2.45) is 5.73 Å². The predicted molar refractivity (Wildman–Crippen MR) is 74.0 cm³/mol. The number of hydrogen-bond acceptors (Lipinski definition) is 5. The van der Waals surface area contributed by atoms with Gasteiger partial charge in [0.05, 0.1) is 6.54 Å². The number of pyridine rings is 1. The summed E-state index contributed by atoms with van der Waals surface area (Å²) in [5.41, 5.74) is 10.6. The van der Waals surface area contributed by atoms with Crippen LogP contribution in [0.15, 0.2) is 23.2 Å². The molecule has 0 aliphatic heterocycles. The first kappa shape index (κ1) is 14.7. The van der Waals surface area contributed by atoms with Gasteiger partial charge >= 0.3 is 0 Å². The summed E-state index contributed by atoms with van der Waals surface area (Å²) in [6, 6.07) is 2.63. The highest BCUT2D eigenvalue weighted by atomic mass is 32.2. The molecule has 0 unspecified atom stereocenters. The van der Waals surface area contributed by atoms with Crippen molar-refractivity contribution in [1.82, 2.24) is 9.29 Å². The number of sulfonamides is 1. The Bertz CT molecular complexity index is 579. The molecular formula is C12H18N4O3S. The lowest BCUT2D eigenvalue weighted by atomic mass is 10.2. The van der Waals surface area contributed by atoms with Gasteiger partial charge in [-0.3, -0.25) is 4.79 Å². The van der Waals surface area contributed by atoms with E-state index in [0.29, 0.717) is 0 Å². The molecule has 1 amide bonds. The Hall–Kier alpha value is -1.67. The predicted octanol–water partition coefficient (Wildman–Crippen LogP) is 0.0824. The van der Waals surface area contributed by atoms with Gasteiger partial charge < -0.3 is 11.5 Å². The quantitative estimate of drug-likeness (QED) is 0.798. The van der Waals surface area contributed by atoms with Crippen molar-refractivity contribution < 1.29 is 13.2 Å². The van der Waals surface area contributed by atoms with Crippen LogP contribution in [-0.4, -0.2) is 36.2 Å². The average Bonchev–Trinajstić information content (AvgIpc) is 2.89. The standard InChI is InChI=1S/C12H18N4O3S/c13-11-6-5-10(7-15-11)20(18,19)16(8-12(14)17)9-3-1-2-4-9/h5-7,9H,1-4,8H2,(H2,13,15)(H2,14,17). The van der Waals surface area contributed by atoms with Crippen molar-refractivity contribution in [2.45, 2.75) is 36.6 Å². The maximum atomic E-state index is 12.6. The van der Waals surface area contributed by atoms with Crippen LogP contribution in [0.5, 0.6) is 0 Å². The third-order valence-corrected chi connectivity index (χ3v) is 5.29. The molecule has 1 aromatic rings. The Balaban J connectivity index is 2.34. The monoisotopic (exact) mass is 298 g/mol. The average molecular weight is 298 g/mol. The number of aromatic nitrogens is 1. The molecule has 1 aliphatic rings. The van der Waals surface area contributed by atoms with Gasteiger partial charge in [-0.15, -0.1) is 0 Å². The first-order valence-electron chi connectivity index (χ1n) is 6.43. The summed E-state index contributed by atoms with van der Waals surface area (Å²) in [5.74, 6) is -0.421. The molecule has 1 aliphatic carbocycles. The van der Waals surface area contributed by atoms with E-state index in [-0.39, 0.29) is 23.3 Å². The summed E-state index contributed by atoms with van der Waals surface area (Å²) in [7, 11) is -3.78. The normalized spacial score (nSPS) is 16.6. The van der Waals surface area contributed by atoms with Gasteiger partial charge in [0.2, 0.25) is 15.9 Å². The SMILES string of the molecule is NC(=O)CN(C1CCCC1)S(=O)(=O)c1ccc(N)nc1. The van der Waals surface area contributed by atoms with Crippen molar-refractivity contribution in [3.63, 3.8) is 0 Å². The van der Waals surface area contributed by atoms with Crippen LogP contribution in [0.25, 0.3) is 0 Å². The fraction of sp³-hybridized carbons (Fsp3) is 0.500. The Morgan fingerprint density at radius 3 is 2.50 bits per heavy atom. The summed E-state index contributed by atoms with van der Waals surface area (Å²) < 4.78 is 26.4. The van der Waals surface area contributed by atoms with Gasteiger partial charge in [0, 0.05) is 12.2 Å². The maximum Gasteiger partial charge on any atom is 0.245 e. The number of carbonyl (C=O) groups is 1. The summed E-state index contributed by atoms with van der Waals surface area (Å²) in [4.78, 5) is 15.0. The molecule has 0 saturated heterocycles. The molecule has 8 heteroatoms. The number of nitrogen functional groups attached to an aromatic ring is 1. The molecule has 1 aromatic heterocycles. The smallest absolute Gasteiger partial charge is 0.245 e. The number of rotatable bonds is 5. The molecule has 0 spiro atoms. The number of nitrogens with two attached hydrogens (primary N) is 2. The van der Waals surface area contributed by atoms with Crippen LogP contribution >= 0.6 is 0 Å². The number of anilines is 1.